The number of amides is 9. The molecular weight excluding hydrogens is 1080 g/mol. The molecule has 9 amide bonds. The number of carbonyl (C=O) groups is 12. The highest BCUT2D eigenvalue weighted by molar-refractivity contribution is 8.01. The summed E-state index contributed by atoms with van der Waals surface area (Å²) in [7, 11) is 0. The third-order valence-electron chi connectivity index (χ3n) is 10.9. The maximum atomic E-state index is 13.8. The predicted molar refractivity (Wildman–Crippen MR) is 274 cm³/mol. The first kappa shape index (κ1) is 61.9. The van der Waals surface area contributed by atoms with Crippen LogP contribution in [0.5, 0.6) is 11.5 Å². The van der Waals surface area contributed by atoms with Crippen molar-refractivity contribution < 1.29 is 87.4 Å². The van der Waals surface area contributed by atoms with Crippen LogP contribution < -0.4 is 52.6 Å². The number of nitrogens with one attached hydrogen (secondary N) is 10. The molecule has 2 aromatic rings. The monoisotopic (exact) mass is 1130 g/mol. The van der Waals surface area contributed by atoms with Gasteiger partial charge in [-0.1, -0.05) is 24.3 Å². The predicted octanol–water partition coefficient (Wildman–Crippen LogP) is -4.46. The topological polar surface area (TPSA) is 425 Å². The molecule has 418 valence electrons. The molecule has 0 bridgehead atoms. The van der Waals surface area contributed by atoms with Gasteiger partial charge < -0.3 is 77.8 Å². The summed E-state index contributed by atoms with van der Waals surface area (Å²) in [6.07, 6.45) is -3.26. The maximum Gasteiger partial charge on any atom is 0.351 e. The van der Waals surface area contributed by atoms with Gasteiger partial charge in [0, 0.05) is 38.2 Å². The van der Waals surface area contributed by atoms with Crippen molar-refractivity contribution in [3.63, 3.8) is 0 Å². The number of rotatable bonds is 9. The number of carboxylic acid groups (broad SMARTS) is 1. The van der Waals surface area contributed by atoms with Crippen LogP contribution in [0.4, 0.5) is 0 Å². The zero-order valence-corrected chi connectivity index (χ0v) is 44.1. The van der Waals surface area contributed by atoms with E-state index >= 15 is 0 Å². The van der Waals surface area contributed by atoms with E-state index in [9.17, 15) is 78.0 Å². The molecule has 0 spiro atoms. The van der Waals surface area contributed by atoms with Gasteiger partial charge in [0.05, 0.1) is 25.6 Å². The van der Waals surface area contributed by atoms with Crippen molar-refractivity contribution in [1.82, 2.24) is 52.6 Å². The van der Waals surface area contributed by atoms with Crippen LogP contribution in [0.15, 0.2) is 59.1 Å². The fourth-order valence-electron chi connectivity index (χ4n) is 6.92. The molecule has 0 aromatic heterocycles. The molecule has 2 saturated heterocycles. The number of phenolic OH excluding ortho intramolecular Hbond substituents is 2. The number of carboxylic acids is 1. The molecule has 14 N–H and O–H groups in total. The quantitative estimate of drug-likeness (QED) is 0.0370. The third kappa shape index (κ3) is 19.2. The molecule has 0 radical (unpaired) electrons. The lowest BCUT2D eigenvalue weighted by molar-refractivity contribution is -0.222. The summed E-state index contributed by atoms with van der Waals surface area (Å²) < 4.78 is 12.8. The molecule has 0 aliphatic carbocycles. The number of hydrogen-bond donors (Lipinski definition) is 16. The Labute approximate surface area is 454 Å². The first-order valence-corrected chi connectivity index (χ1v) is 25.3. The number of aliphatic carboxylic acids is 1. The van der Waals surface area contributed by atoms with Gasteiger partial charge in [-0.25, -0.2) is 14.3 Å². The van der Waals surface area contributed by atoms with E-state index in [-0.39, 0.29) is 24.3 Å². The van der Waals surface area contributed by atoms with Crippen LogP contribution in [0.3, 0.4) is 0 Å². The molecule has 2 heterocycles. The van der Waals surface area contributed by atoms with E-state index in [0.29, 0.717) is 23.1 Å². The van der Waals surface area contributed by atoms with Crippen LogP contribution in [-0.2, 0) is 79.8 Å². The number of thiol groups is 2. The van der Waals surface area contributed by atoms with E-state index in [4.69, 9.17) is 9.47 Å². The van der Waals surface area contributed by atoms with Crippen LogP contribution >= 0.6 is 37.2 Å². The number of aromatic hydroxyl groups is 2. The summed E-state index contributed by atoms with van der Waals surface area (Å²) in [6, 6.07) is -0.740. The Morgan fingerprint density at radius 3 is 1.58 bits per heavy atom. The summed E-state index contributed by atoms with van der Waals surface area (Å²) >= 11 is 8.52. The van der Waals surface area contributed by atoms with Crippen LogP contribution in [0.2, 0.25) is 0 Å². The number of benzene rings is 2. The van der Waals surface area contributed by atoms with Crippen molar-refractivity contribution in [3.05, 3.63) is 70.3 Å². The minimum absolute atomic E-state index is 0.132. The van der Waals surface area contributed by atoms with Gasteiger partial charge in [0.25, 0.3) is 5.79 Å². The van der Waals surface area contributed by atoms with Gasteiger partial charge in [0.2, 0.25) is 53.2 Å². The summed E-state index contributed by atoms with van der Waals surface area (Å²) in [4.78, 5) is 161. The number of phenols is 2. The first-order valence-electron chi connectivity index (χ1n) is 23.2. The van der Waals surface area contributed by atoms with Gasteiger partial charge in [-0.15, -0.1) is 0 Å². The van der Waals surface area contributed by atoms with Crippen molar-refractivity contribution in [2.75, 3.05) is 24.6 Å². The minimum atomic E-state index is -1.91. The van der Waals surface area contributed by atoms with Crippen LogP contribution in [0.1, 0.15) is 45.2 Å². The lowest BCUT2D eigenvalue weighted by Gasteiger charge is -2.31. The summed E-state index contributed by atoms with van der Waals surface area (Å²) in [5.41, 5.74) is -0.130. The summed E-state index contributed by atoms with van der Waals surface area (Å²) in [5.74, 6) is -16.9. The van der Waals surface area contributed by atoms with E-state index in [1.165, 1.54) is 62.4 Å². The number of esters is 2. The Hall–Kier alpha value is -7.61. The molecule has 2 aromatic carbocycles. The van der Waals surface area contributed by atoms with Gasteiger partial charge >= 0.3 is 17.9 Å². The standard InChI is InChI=1S/C46H58N10O18S3/c1-20-36(64)51-28(15-33(62)63)39(67)53-29(18-75)40(68)54-30(19-76)41(69)56-43(34-44(71)73-46(3,4)74-45(34)72)77-48-17-32(61)55-35(21(2)57)42(70)52-26(13-22-5-9-24(58)10-6-22)37(65)47-16-31(60)50-27(38(66)49-20)14-23-7-11-25(59)12-8-23/h5-12,20-21,26-30,35,48,57-59,75-76H,13-19H2,1-4H3,(H,47,65)(H,49,66)(H,50,60)(H,51,64)(H,52,70)(H,53,67)(H,54,68)(H,55,61)(H,56,69)(H,62,63)/t20-,21+,26?,27?,28?,29?,30-,35-/m0/s1. The van der Waals surface area contributed by atoms with E-state index in [0.717, 1.165) is 13.8 Å². The number of carbonyl (C=O) groups excluding carboxylic acids is 11. The molecule has 31 heteroatoms. The normalized spacial score (nSPS) is 24.8. The number of aliphatic hydroxyl groups is 1. The second-order valence-electron chi connectivity index (χ2n) is 17.6. The fraction of sp³-hybridized carbons (Fsp3) is 0.435. The Kier molecular flexibility index (Phi) is 22.9. The molecule has 8 atom stereocenters. The highest BCUT2D eigenvalue weighted by Crippen LogP contribution is 2.27. The Balaban J connectivity index is 1.73. The molecule has 2 fully saturated rings. The Morgan fingerprint density at radius 2 is 1.08 bits per heavy atom. The van der Waals surface area contributed by atoms with E-state index in [1.54, 1.807) is 0 Å². The van der Waals surface area contributed by atoms with Gasteiger partial charge in [-0.3, -0.25) is 47.9 Å². The van der Waals surface area contributed by atoms with Crippen LogP contribution in [0, 0.1) is 0 Å². The lowest BCUT2D eigenvalue weighted by atomic mass is 10.0. The molecular formula is C46H58N10O18S3. The number of aliphatic hydroxyl groups excluding tert-OH is 1. The Morgan fingerprint density at radius 1 is 0.623 bits per heavy atom. The van der Waals surface area contributed by atoms with Crippen molar-refractivity contribution in [2.24, 2.45) is 0 Å². The SMILES string of the molecule is C[C@@H]1NC(=O)C(Cc2ccc(O)cc2)NC(=O)CNC(=O)C(Cc2ccc(O)cc2)NC(=O)[C@H]([C@@H](C)O)NC(=O)CNSC(=C2C(=O)OC(C)(C)OC2=O)NC(=O)[C@H](CS)NC(=O)C(CS)NC(=O)C(CC(=O)O)NC1=O. The van der Waals surface area contributed by atoms with Crippen molar-refractivity contribution >= 4 is 108 Å². The van der Waals surface area contributed by atoms with Gasteiger partial charge in [0.15, 0.2) is 5.57 Å². The molecule has 0 saturated carbocycles. The zero-order chi connectivity index (χ0) is 57.3. The molecule has 2 aliphatic heterocycles. The second kappa shape index (κ2) is 28.5. The average Bonchev–Trinajstić information content (AvgIpc) is 3.34. The summed E-state index contributed by atoms with van der Waals surface area (Å²) in [5, 5.41) is 60.3. The number of ether oxygens (including phenoxy) is 2. The van der Waals surface area contributed by atoms with E-state index in [1.807, 2.05) is 0 Å². The maximum absolute atomic E-state index is 13.8. The van der Waals surface area contributed by atoms with Crippen molar-refractivity contribution in [1.29, 1.82) is 0 Å². The van der Waals surface area contributed by atoms with E-state index < -0.39 is 167 Å². The average molecular weight is 1140 g/mol. The smallest absolute Gasteiger partial charge is 0.351 e. The van der Waals surface area contributed by atoms with Crippen LogP contribution in [0.25, 0.3) is 0 Å². The number of cyclic esters (lactones) is 2. The molecule has 28 nitrogen and oxygen atoms in total. The minimum Gasteiger partial charge on any atom is -0.508 e. The number of hydrogen-bond acceptors (Lipinski definition) is 21. The summed E-state index contributed by atoms with van der Waals surface area (Å²) in [6.45, 7) is 3.13. The van der Waals surface area contributed by atoms with E-state index in [2.05, 4.69) is 77.8 Å². The third-order valence-corrected chi connectivity index (χ3v) is 12.4. The van der Waals surface area contributed by atoms with Crippen LogP contribution in [-0.4, -0.2) is 170 Å². The molecule has 4 unspecified atom stereocenters. The molecule has 77 heavy (non-hydrogen) atoms. The molecule has 2 aliphatic rings. The largest absolute Gasteiger partial charge is 0.508 e. The van der Waals surface area contributed by atoms with Gasteiger partial charge in [-0.2, -0.15) is 25.3 Å². The highest BCUT2D eigenvalue weighted by atomic mass is 32.2. The van der Waals surface area contributed by atoms with Gasteiger partial charge in [0.1, 0.15) is 58.8 Å². The van der Waals surface area contributed by atoms with Crippen molar-refractivity contribution in [2.45, 2.75) is 101 Å². The molecule has 4 rings (SSSR count). The lowest BCUT2D eigenvalue weighted by Crippen LogP contribution is -2.60. The second-order valence-corrected chi connectivity index (χ2v) is 19.2. The Bertz CT molecular complexity index is 2600. The van der Waals surface area contributed by atoms with Crippen molar-refractivity contribution in [3.8, 4) is 11.5 Å². The fourth-order valence-corrected chi connectivity index (χ4v) is 8.21. The first-order chi connectivity index (χ1) is 36.2. The van der Waals surface area contributed by atoms with Gasteiger partial charge in [-0.05, 0) is 61.2 Å². The highest BCUT2D eigenvalue weighted by Gasteiger charge is 2.42. The zero-order valence-electron chi connectivity index (χ0n) is 41.5.